The number of thiophene rings is 1. The molecular formula is C24H23NS. The molecule has 1 aromatic heterocycles. The van der Waals surface area contributed by atoms with E-state index in [4.69, 9.17) is 0 Å². The molecule has 0 saturated heterocycles. The first-order valence-corrected chi connectivity index (χ1v) is 10.5. The van der Waals surface area contributed by atoms with Crippen molar-refractivity contribution in [3.05, 3.63) is 72.3 Å². The lowest BCUT2D eigenvalue weighted by atomic mass is 9.84. The smallest absolute Gasteiger partial charge is 0.0590 e. The fourth-order valence-corrected chi connectivity index (χ4v) is 5.45. The van der Waals surface area contributed by atoms with Gasteiger partial charge in [-0.05, 0) is 48.6 Å². The van der Waals surface area contributed by atoms with Crippen LogP contribution in [0, 0.1) is 0 Å². The predicted octanol–water partition coefficient (Wildman–Crippen LogP) is 7.85. The minimum atomic E-state index is 0.767. The normalized spacial score (nSPS) is 15.5. The van der Waals surface area contributed by atoms with E-state index in [1.54, 1.807) is 0 Å². The van der Waals surface area contributed by atoms with Crippen molar-refractivity contribution in [2.75, 3.05) is 5.32 Å². The number of benzene rings is 3. The van der Waals surface area contributed by atoms with E-state index in [0.29, 0.717) is 0 Å². The minimum absolute atomic E-state index is 0.767. The Balaban J connectivity index is 1.45. The predicted molar refractivity (Wildman–Crippen MR) is 115 cm³/mol. The third-order valence-electron chi connectivity index (χ3n) is 5.67. The van der Waals surface area contributed by atoms with E-state index in [1.807, 2.05) is 11.3 Å². The van der Waals surface area contributed by atoms with E-state index < -0.39 is 0 Å². The van der Waals surface area contributed by atoms with Crippen LogP contribution in [0.5, 0.6) is 0 Å². The first-order valence-electron chi connectivity index (χ1n) is 9.66. The van der Waals surface area contributed by atoms with Crippen molar-refractivity contribution < 1.29 is 0 Å². The maximum absolute atomic E-state index is 3.65. The van der Waals surface area contributed by atoms with Crippen LogP contribution in [-0.4, -0.2) is 0 Å². The monoisotopic (exact) mass is 357 g/mol. The quantitative estimate of drug-likeness (QED) is 0.393. The number of fused-ring (bicyclic) bond motifs is 3. The second-order valence-corrected chi connectivity index (χ2v) is 8.41. The Morgan fingerprint density at radius 1 is 0.731 bits per heavy atom. The zero-order valence-electron chi connectivity index (χ0n) is 14.9. The summed E-state index contributed by atoms with van der Waals surface area (Å²) >= 11 is 1.87. The summed E-state index contributed by atoms with van der Waals surface area (Å²) in [6, 6.07) is 24.4. The highest BCUT2D eigenvalue weighted by atomic mass is 32.1. The van der Waals surface area contributed by atoms with Gasteiger partial charge in [0.05, 0.1) is 10.4 Å². The zero-order valence-corrected chi connectivity index (χ0v) is 15.7. The van der Waals surface area contributed by atoms with Crippen LogP contribution < -0.4 is 5.32 Å². The van der Waals surface area contributed by atoms with Crippen LogP contribution in [-0.2, 0) is 0 Å². The summed E-state index contributed by atoms with van der Waals surface area (Å²) in [4.78, 5) is 0. The molecule has 0 unspecified atom stereocenters. The third kappa shape index (κ3) is 2.89. The van der Waals surface area contributed by atoms with E-state index in [9.17, 15) is 0 Å². The molecule has 0 atom stereocenters. The molecular weight excluding hydrogens is 334 g/mol. The number of hydrogen-bond acceptors (Lipinski definition) is 2. The molecule has 0 spiro atoms. The lowest BCUT2D eigenvalue weighted by molar-refractivity contribution is 0.443. The summed E-state index contributed by atoms with van der Waals surface area (Å²) in [6.45, 7) is 0. The third-order valence-corrected chi connectivity index (χ3v) is 6.89. The maximum Gasteiger partial charge on any atom is 0.0590 e. The van der Waals surface area contributed by atoms with E-state index >= 15 is 0 Å². The van der Waals surface area contributed by atoms with E-state index in [2.05, 4.69) is 72.0 Å². The van der Waals surface area contributed by atoms with Crippen LogP contribution in [0.1, 0.15) is 43.6 Å². The second kappa shape index (κ2) is 6.77. The summed E-state index contributed by atoms with van der Waals surface area (Å²) in [6.07, 6.45) is 6.90. The van der Waals surface area contributed by atoms with Gasteiger partial charge in [-0.25, -0.2) is 0 Å². The van der Waals surface area contributed by atoms with Crippen molar-refractivity contribution in [1.82, 2.24) is 0 Å². The van der Waals surface area contributed by atoms with Crippen molar-refractivity contribution >= 4 is 42.9 Å². The summed E-state index contributed by atoms with van der Waals surface area (Å²) in [5.41, 5.74) is 3.89. The van der Waals surface area contributed by atoms with Gasteiger partial charge in [0.15, 0.2) is 0 Å². The maximum atomic E-state index is 3.65. The first kappa shape index (κ1) is 15.9. The molecule has 3 aromatic carbocycles. The highest BCUT2D eigenvalue weighted by Crippen LogP contribution is 2.39. The van der Waals surface area contributed by atoms with Crippen LogP contribution in [0.15, 0.2) is 66.7 Å². The molecule has 0 radical (unpaired) electrons. The summed E-state index contributed by atoms with van der Waals surface area (Å²) in [5, 5.41) is 6.34. The summed E-state index contributed by atoms with van der Waals surface area (Å²) in [5.74, 6) is 0.767. The molecule has 130 valence electrons. The lowest BCUT2D eigenvalue weighted by Crippen LogP contribution is -2.04. The van der Waals surface area contributed by atoms with Crippen molar-refractivity contribution in [2.24, 2.45) is 0 Å². The summed E-state index contributed by atoms with van der Waals surface area (Å²) < 4.78 is 2.69. The van der Waals surface area contributed by atoms with Gasteiger partial charge in [0, 0.05) is 21.2 Å². The standard InChI is InChI=1S/C24H23NS/c1-2-7-17(8-3-1)18-13-15-19(16-14-18)25-22-11-6-10-21-20-9-4-5-12-23(20)26-24(21)22/h4-6,9-17,25H,1-3,7-8H2. The van der Waals surface area contributed by atoms with Crippen LogP contribution in [0.3, 0.4) is 0 Å². The van der Waals surface area contributed by atoms with Gasteiger partial charge in [0.25, 0.3) is 0 Å². The van der Waals surface area contributed by atoms with Crippen LogP contribution in [0.2, 0.25) is 0 Å². The van der Waals surface area contributed by atoms with Gasteiger partial charge >= 0.3 is 0 Å². The Kier molecular flexibility index (Phi) is 4.14. The number of nitrogens with one attached hydrogen (secondary N) is 1. The van der Waals surface area contributed by atoms with Crippen molar-refractivity contribution in [1.29, 1.82) is 0 Å². The largest absolute Gasteiger partial charge is 0.354 e. The SMILES string of the molecule is c1ccc2c(c1)sc1c(Nc3ccc(C4CCCCC4)cc3)cccc12. The van der Waals surface area contributed by atoms with Gasteiger partial charge in [-0.1, -0.05) is 61.7 Å². The van der Waals surface area contributed by atoms with Crippen molar-refractivity contribution in [3.8, 4) is 0 Å². The average Bonchev–Trinajstić information content (AvgIpc) is 3.09. The molecule has 0 amide bonds. The second-order valence-electron chi connectivity index (χ2n) is 7.36. The fraction of sp³-hybridized carbons (Fsp3) is 0.250. The van der Waals surface area contributed by atoms with Gasteiger partial charge in [0.1, 0.15) is 0 Å². The Bertz CT molecular complexity index is 1040. The molecule has 2 heteroatoms. The highest BCUT2D eigenvalue weighted by Gasteiger charge is 2.15. The molecule has 5 rings (SSSR count). The topological polar surface area (TPSA) is 12.0 Å². The molecule has 1 aliphatic carbocycles. The molecule has 26 heavy (non-hydrogen) atoms. The van der Waals surface area contributed by atoms with Gasteiger partial charge in [-0.2, -0.15) is 0 Å². The molecule has 1 heterocycles. The molecule has 1 nitrogen and oxygen atoms in total. The minimum Gasteiger partial charge on any atom is -0.354 e. The zero-order chi connectivity index (χ0) is 17.3. The number of anilines is 2. The van der Waals surface area contributed by atoms with Gasteiger partial charge in [-0.3, -0.25) is 0 Å². The van der Waals surface area contributed by atoms with Crippen molar-refractivity contribution in [3.63, 3.8) is 0 Å². The summed E-state index contributed by atoms with van der Waals surface area (Å²) in [7, 11) is 0. The Labute approximate surface area is 158 Å². The molecule has 1 aliphatic rings. The Morgan fingerprint density at radius 3 is 2.35 bits per heavy atom. The van der Waals surface area contributed by atoms with Crippen molar-refractivity contribution in [2.45, 2.75) is 38.0 Å². The average molecular weight is 358 g/mol. The molecule has 0 aliphatic heterocycles. The number of hydrogen-bond donors (Lipinski definition) is 1. The molecule has 0 bridgehead atoms. The fourth-order valence-electron chi connectivity index (χ4n) is 4.28. The van der Waals surface area contributed by atoms with Gasteiger partial charge in [0.2, 0.25) is 0 Å². The molecule has 1 N–H and O–H groups in total. The Morgan fingerprint density at radius 2 is 1.50 bits per heavy atom. The van der Waals surface area contributed by atoms with Gasteiger partial charge in [-0.15, -0.1) is 11.3 Å². The van der Waals surface area contributed by atoms with Gasteiger partial charge < -0.3 is 5.32 Å². The highest BCUT2D eigenvalue weighted by molar-refractivity contribution is 7.26. The molecule has 1 saturated carbocycles. The van der Waals surface area contributed by atoms with E-state index in [1.165, 1.54) is 69.2 Å². The molecule has 4 aromatic rings. The number of rotatable bonds is 3. The van der Waals surface area contributed by atoms with E-state index in [-0.39, 0.29) is 0 Å². The first-order chi connectivity index (χ1) is 12.9. The lowest BCUT2D eigenvalue weighted by Gasteiger charge is -2.22. The van der Waals surface area contributed by atoms with Crippen LogP contribution >= 0.6 is 11.3 Å². The molecule has 1 fully saturated rings. The Hall–Kier alpha value is -2.32. The van der Waals surface area contributed by atoms with E-state index in [0.717, 1.165) is 5.92 Å². The van der Waals surface area contributed by atoms with Crippen LogP contribution in [0.4, 0.5) is 11.4 Å². The van der Waals surface area contributed by atoms with Crippen LogP contribution in [0.25, 0.3) is 20.2 Å².